The molecule has 0 aliphatic rings. The Morgan fingerprint density at radius 3 is 1.91 bits per heavy atom. The van der Waals surface area contributed by atoms with Crippen molar-refractivity contribution in [2.24, 2.45) is 5.92 Å². The van der Waals surface area contributed by atoms with Gasteiger partial charge in [-0.1, -0.05) is 110 Å². The fraction of sp³-hybridized carbons (Fsp3) is 0.286. The zero-order valence-corrected chi connectivity index (χ0v) is 21.8. The highest BCUT2D eigenvalue weighted by atomic mass is 35.5. The van der Waals surface area contributed by atoms with E-state index < -0.39 is 5.92 Å². The average Bonchev–Trinajstić information content (AvgIpc) is 2.85. The van der Waals surface area contributed by atoms with E-state index in [2.05, 4.69) is 5.32 Å². The van der Waals surface area contributed by atoms with Gasteiger partial charge in [-0.2, -0.15) is 0 Å². The monoisotopic (exact) mass is 511 g/mol. The van der Waals surface area contributed by atoms with Gasteiger partial charge in [0.05, 0.1) is 12.0 Å². The summed E-state index contributed by atoms with van der Waals surface area (Å²) in [5, 5.41) is 4.45. The summed E-state index contributed by atoms with van der Waals surface area (Å²) >= 11 is 8.75. The zero-order valence-electron chi connectivity index (χ0n) is 19.4. The van der Waals surface area contributed by atoms with Gasteiger partial charge in [-0.25, -0.2) is 0 Å². The first-order valence-corrected chi connectivity index (χ1v) is 13.8. The lowest BCUT2D eigenvalue weighted by atomic mass is 9.77. The summed E-state index contributed by atoms with van der Waals surface area (Å²) in [6.45, 7) is 3.96. The van der Waals surface area contributed by atoms with E-state index in [4.69, 9.17) is 11.6 Å². The van der Waals surface area contributed by atoms with Crippen LogP contribution in [0, 0.1) is 5.92 Å². The van der Waals surface area contributed by atoms with Crippen molar-refractivity contribution in [1.29, 1.82) is 0 Å². The molecule has 0 saturated carbocycles. The van der Waals surface area contributed by atoms with Crippen LogP contribution in [0.4, 0.5) is 5.69 Å². The Bertz CT molecular complexity index is 1050. The molecule has 0 spiro atoms. The van der Waals surface area contributed by atoms with Gasteiger partial charge in [-0.15, -0.1) is 0 Å². The van der Waals surface area contributed by atoms with Gasteiger partial charge in [0.2, 0.25) is 0 Å². The number of anilines is 1. The molecule has 178 valence electrons. The molecule has 1 N–H and O–H groups in total. The first kappa shape index (κ1) is 26.4. The molecule has 3 atom stereocenters. The molecular formula is C28H30ClNO2S2. The smallest absolute Gasteiger partial charge is 0.195 e. The van der Waals surface area contributed by atoms with Crippen molar-refractivity contribution in [3.05, 3.63) is 101 Å². The number of hydrogen-bond acceptors (Lipinski definition) is 5. The van der Waals surface area contributed by atoms with E-state index in [1.165, 1.54) is 23.5 Å². The number of nitrogens with one attached hydrogen (secondary N) is 1. The molecular weight excluding hydrogens is 482 g/mol. The summed E-state index contributed by atoms with van der Waals surface area (Å²) in [6.07, 6.45) is 0.300. The highest BCUT2D eigenvalue weighted by molar-refractivity contribution is 8.13. The lowest BCUT2D eigenvalue weighted by Gasteiger charge is -2.34. The maximum Gasteiger partial charge on any atom is 0.195 e. The first-order chi connectivity index (χ1) is 16.5. The van der Waals surface area contributed by atoms with Crippen LogP contribution in [-0.4, -0.2) is 21.7 Å². The highest BCUT2D eigenvalue weighted by Gasteiger charge is 2.38. The van der Waals surface area contributed by atoms with Gasteiger partial charge in [0, 0.05) is 23.0 Å². The lowest BCUT2D eigenvalue weighted by molar-refractivity contribution is -0.116. The third-order valence-corrected chi connectivity index (χ3v) is 7.47. The van der Waals surface area contributed by atoms with Gasteiger partial charge in [0.25, 0.3) is 0 Å². The van der Waals surface area contributed by atoms with E-state index in [0.717, 1.165) is 16.8 Å². The molecule has 3 rings (SSSR count). The number of benzene rings is 3. The van der Waals surface area contributed by atoms with Crippen molar-refractivity contribution in [3.8, 4) is 0 Å². The van der Waals surface area contributed by atoms with Gasteiger partial charge >= 0.3 is 0 Å². The van der Waals surface area contributed by atoms with Crippen molar-refractivity contribution >= 4 is 51.0 Å². The minimum Gasteiger partial charge on any atom is -0.377 e. The van der Waals surface area contributed by atoms with Crippen LogP contribution >= 0.6 is 35.1 Å². The molecule has 0 bridgehead atoms. The number of thioether (sulfide) groups is 2. The van der Waals surface area contributed by atoms with Gasteiger partial charge in [0.1, 0.15) is 0 Å². The van der Waals surface area contributed by atoms with Crippen LogP contribution < -0.4 is 5.32 Å². The Kier molecular flexibility index (Phi) is 10.6. The predicted molar refractivity (Wildman–Crippen MR) is 148 cm³/mol. The van der Waals surface area contributed by atoms with Crippen molar-refractivity contribution in [2.45, 2.75) is 32.2 Å². The average molecular weight is 512 g/mol. The molecule has 3 aromatic carbocycles. The summed E-state index contributed by atoms with van der Waals surface area (Å²) in [6, 6.07) is 27.1. The molecule has 0 radical (unpaired) electrons. The largest absolute Gasteiger partial charge is 0.377 e. The second-order valence-electron chi connectivity index (χ2n) is 7.84. The number of halogens is 1. The Balaban J connectivity index is 2.12. The summed E-state index contributed by atoms with van der Waals surface area (Å²) in [7, 11) is 0. The molecule has 0 saturated heterocycles. The molecule has 0 aliphatic heterocycles. The summed E-state index contributed by atoms with van der Waals surface area (Å²) < 4.78 is 0. The second kappa shape index (κ2) is 13.6. The number of rotatable bonds is 11. The van der Waals surface area contributed by atoms with Crippen LogP contribution in [0.3, 0.4) is 0 Å². The highest BCUT2D eigenvalue weighted by Crippen LogP contribution is 2.42. The molecule has 0 heterocycles. The summed E-state index contributed by atoms with van der Waals surface area (Å²) in [4.78, 5) is 26.6. The molecule has 0 unspecified atom stereocenters. The van der Waals surface area contributed by atoms with E-state index in [1.807, 2.05) is 98.8 Å². The molecule has 6 heteroatoms. The maximum atomic E-state index is 13.7. The number of carbonyl (C=O) groups is 2. The van der Waals surface area contributed by atoms with Crippen LogP contribution in [0.25, 0.3) is 0 Å². The molecule has 3 nitrogen and oxygen atoms in total. The van der Waals surface area contributed by atoms with Gasteiger partial charge in [-0.05, 0) is 46.9 Å². The van der Waals surface area contributed by atoms with Crippen molar-refractivity contribution in [2.75, 3.05) is 16.8 Å². The number of hydrogen-bond donors (Lipinski definition) is 1. The minimum absolute atomic E-state index is 0.0842. The van der Waals surface area contributed by atoms with E-state index in [0.29, 0.717) is 22.9 Å². The molecule has 0 fully saturated rings. The predicted octanol–water partition coefficient (Wildman–Crippen LogP) is 7.84. The Morgan fingerprint density at radius 2 is 1.35 bits per heavy atom. The lowest BCUT2D eigenvalue weighted by Crippen LogP contribution is -2.33. The molecule has 0 aromatic heterocycles. The molecule has 34 heavy (non-hydrogen) atoms. The summed E-state index contributed by atoms with van der Waals surface area (Å²) in [5.41, 5.74) is 2.88. The van der Waals surface area contributed by atoms with Crippen molar-refractivity contribution in [3.63, 3.8) is 0 Å². The zero-order chi connectivity index (χ0) is 24.3. The van der Waals surface area contributed by atoms with Gasteiger partial charge in [0.15, 0.2) is 10.2 Å². The van der Waals surface area contributed by atoms with Crippen LogP contribution in [0.5, 0.6) is 0 Å². The van der Waals surface area contributed by atoms with Crippen LogP contribution in [0.1, 0.15) is 43.4 Å². The molecule has 0 aliphatic carbocycles. The van der Waals surface area contributed by atoms with Crippen LogP contribution in [0.15, 0.2) is 84.9 Å². The van der Waals surface area contributed by atoms with Crippen LogP contribution in [-0.2, 0) is 9.59 Å². The first-order valence-electron chi connectivity index (χ1n) is 11.5. The summed E-state index contributed by atoms with van der Waals surface area (Å²) in [5.74, 6) is 0.682. The third kappa shape index (κ3) is 7.39. The van der Waals surface area contributed by atoms with Gasteiger partial charge < -0.3 is 5.32 Å². The van der Waals surface area contributed by atoms with E-state index in [1.54, 1.807) is 0 Å². The van der Waals surface area contributed by atoms with E-state index in [-0.39, 0.29) is 22.2 Å². The normalized spacial score (nSPS) is 13.6. The minimum atomic E-state index is -0.452. The van der Waals surface area contributed by atoms with E-state index in [9.17, 15) is 9.59 Å². The van der Waals surface area contributed by atoms with Gasteiger partial charge in [-0.3, -0.25) is 9.59 Å². The Hall–Kier alpha value is -2.21. The third-order valence-electron chi connectivity index (χ3n) is 5.60. The fourth-order valence-corrected chi connectivity index (χ4v) is 5.61. The Morgan fingerprint density at radius 1 is 0.794 bits per heavy atom. The van der Waals surface area contributed by atoms with Crippen LogP contribution in [0.2, 0.25) is 5.02 Å². The molecule has 0 amide bonds. The Labute approximate surface area is 216 Å². The van der Waals surface area contributed by atoms with Crippen molar-refractivity contribution < 1.29 is 9.59 Å². The van der Waals surface area contributed by atoms with E-state index >= 15 is 0 Å². The topological polar surface area (TPSA) is 46.2 Å². The SMILES string of the molecule is CCSC(=O)C[C@H](c1ccccc1)[C@H](C(=O)SCC)[C@H](Nc1ccc(Cl)cc1)c1ccccc1. The maximum absolute atomic E-state index is 13.7. The van der Waals surface area contributed by atoms with Crippen molar-refractivity contribution in [1.82, 2.24) is 0 Å². The molecule has 3 aromatic rings. The quantitative estimate of drug-likeness (QED) is 0.284. The second-order valence-corrected chi connectivity index (χ2v) is 10.9. The number of carbonyl (C=O) groups excluding carboxylic acids is 2. The standard InChI is InChI=1S/C28H30ClNO2S2/c1-3-33-25(31)19-24(20-11-7-5-8-12-20)26(28(32)34-4-2)27(21-13-9-6-10-14-21)30-23-17-15-22(29)16-18-23/h5-18,24,26-27,30H,3-4,19H2,1-2H3/t24-,26+,27-/m1/s1. The fourth-order valence-electron chi connectivity index (χ4n) is 4.09.